The van der Waals surface area contributed by atoms with Gasteiger partial charge in [-0.05, 0) is 30.5 Å². The molecule has 20 heavy (non-hydrogen) atoms. The van der Waals surface area contributed by atoms with E-state index in [1.165, 1.54) is 12.1 Å². The van der Waals surface area contributed by atoms with Crippen molar-refractivity contribution in [1.82, 2.24) is 9.55 Å². The van der Waals surface area contributed by atoms with E-state index >= 15 is 0 Å². The molecule has 5 heteroatoms. The van der Waals surface area contributed by atoms with Crippen LogP contribution in [-0.4, -0.2) is 20.6 Å². The smallest absolute Gasteiger partial charge is 0.326 e. The Labute approximate surface area is 115 Å². The van der Waals surface area contributed by atoms with Gasteiger partial charge in [-0.1, -0.05) is 12.1 Å². The highest BCUT2D eigenvalue weighted by Gasteiger charge is 2.26. The van der Waals surface area contributed by atoms with E-state index in [1.807, 2.05) is 6.20 Å². The van der Waals surface area contributed by atoms with E-state index in [-0.39, 0.29) is 5.82 Å². The van der Waals surface area contributed by atoms with Gasteiger partial charge in [-0.25, -0.2) is 14.2 Å². The van der Waals surface area contributed by atoms with Crippen molar-refractivity contribution in [2.45, 2.75) is 31.7 Å². The zero-order valence-corrected chi connectivity index (χ0v) is 10.9. The van der Waals surface area contributed by atoms with E-state index < -0.39 is 12.0 Å². The Balaban J connectivity index is 1.85. The molecule has 0 aliphatic carbocycles. The molecule has 4 nitrogen and oxygen atoms in total. The van der Waals surface area contributed by atoms with Crippen LogP contribution in [0.25, 0.3) is 0 Å². The number of rotatable bonds is 3. The summed E-state index contributed by atoms with van der Waals surface area (Å²) in [6.07, 6.45) is 4.72. The van der Waals surface area contributed by atoms with Crippen molar-refractivity contribution < 1.29 is 14.3 Å². The molecule has 0 fully saturated rings. The Bertz CT molecular complexity index is 634. The zero-order chi connectivity index (χ0) is 14.1. The molecular formula is C15H15FN2O2. The number of hydrogen-bond acceptors (Lipinski definition) is 2. The molecule has 1 aromatic heterocycles. The molecule has 104 valence electrons. The van der Waals surface area contributed by atoms with E-state index in [0.717, 1.165) is 29.9 Å². The molecule has 0 amide bonds. The molecule has 0 spiro atoms. The average molecular weight is 274 g/mol. The van der Waals surface area contributed by atoms with Gasteiger partial charge in [0.05, 0.1) is 5.69 Å². The van der Waals surface area contributed by atoms with Gasteiger partial charge in [0.2, 0.25) is 0 Å². The van der Waals surface area contributed by atoms with Gasteiger partial charge in [0.25, 0.3) is 0 Å². The summed E-state index contributed by atoms with van der Waals surface area (Å²) in [4.78, 5) is 15.7. The lowest BCUT2D eigenvalue weighted by Gasteiger charge is -2.20. The third-order valence-electron chi connectivity index (χ3n) is 3.66. The third kappa shape index (κ3) is 2.43. The van der Waals surface area contributed by atoms with Crippen LogP contribution in [-0.2, 0) is 17.6 Å². The zero-order valence-electron chi connectivity index (χ0n) is 10.9. The second kappa shape index (κ2) is 5.07. The largest absolute Gasteiger partial charge is 0.480 e. The highest BCUT2D eigenvalue weighted by molar-refractivity contribution is 5.72. The SMILES string of the molecule is O=C(O)C1CCCc2nc(Cc3ccc(F)cc3)cn21. The lowest BCUT2D eigenvalue weighted by Crippen LogP contribution is -2.24. The predicted octanol–water partition coefficient (Wildman–Crippen LogP) is 2.58. The Hall–Kier alpha value is -2.17. The van der Waals surface area contributed by atoms with Gasteiger partial charge < -0.3 is 9.67 Å². The Morgan fingerprint density at radius 1 is 1.40 bits per heavy atom. The first-order valence-corrected chi connectivity index (χ1v) is 6.67. The van der Waals surface area contributed by atoms with Crippen LogP contribution in [0.2, 0.25) is 0 Å². The van der Waals surface area contributed by atoms with E-state index in [0.29, 0.717) is 12.8 Å². The summed E-state index contributed by atoms with van der Waals surface area (Å²) >= 11 is 0. The molecule has 2 aromatic rings. The number of hydrogen-bond donors (Lipinski definition) is 1. The second-order valence-corrected chi connectivity index (χ2v) is 5.11. The summed E-state index contributed by atoms with van der Waals surface area (Å²) in [6.45, 7) is 0. The molecule has 1 unspecified atom stereocenters. The highest BCUT2D eigenvalue weighted by atomic mass is 19.1. The Morgan fingerprint density at radius 2 is 2.15 bits per heavy atom. The van der Waals surface area contributed by atoms with Crippen molar-refractivity contribution in [1.29, 1.82) is 0 Å². The summed E-state index contributed by atoms with van der Waals surface area (Å²) in [5.74, 6) is -0.235. The normalized spacial score (nSPS) is 17.8. The first-order valence-electron chi connectivity index (χ1n) is 6.67. The monoisotopic (exact) mass is 274 g/mol. The minimum Gasteiger partial charge on any atom is -0.480 e. The number of aliphatic carboxylic acids is 1. The first kappa shape index (κ1) is 12.8. The van der Waals surface area contributed by atoms with Crippen LogP contribution >= 0.6 is 0 Å². The van der Waals surface area contributed by atoms with Gasteiger partial charge in [-0.2, -0.15) is 0 Å². The van der Waals surface area contributed by atoms with Gasteiger partial charge in [0, 0.05) is 19.0 Å². The summed E-state index contributed by atoms with van der Waals surface area (Å²) < 4.78 is 14.6. The molecule has 1 atom stereocenters. The molecule has 0 bridgehead atoms. The third-order valence-corrected chi connectivity index (χ3v) is 3.66. The number of benzene rings is 1. The van der Waals surface area contributed by atoms with Gasteiger partial charge in [-0.15, -0.1) is 0 Å². The Kier molecular flexibility index (Phi) is 3.26. The number of aryl methyl sites for hydroxylation is 1. The molecule has 1 aromatic carbocycles. The van der Waals surface area contributed by atoms with Crippen LogP contribution in [0.4, 0.5) is 4.39 Å². The minimum atomic E-state index is -0.809. The molecule has 1 aliphatic heterocycles. The fourth-order valence-electron chi connectivity index (χ4n) is 2.67. The Morgan fingerprint density at radius 3 is 2.85 bits per heavy atom. The van der Waals surface area contributed by atoms with Gasteiger partial charge >= 0.3 is 5.97 Å². The average Bonchev–Trinajstić information content (AvgIpc) is 2.83. The number of fused-ring (bicyclic) bond motifs is 1. The summed E-state index contributed by atoms with van der Waals surface area (Å²) in [5, 5.41) is 9.22. The maximum Gasteiger partial charge on any atom is 0.326 e. The molecule has 0 radical (unpaired) electrons. The summed E-state index contributed by atoms with van der Waals surface area (Å²) in [6, 6.07) is 5.79. The topological polar surface area (TPSA) is 55.1 Å². The van der Waals surface area contributed by atoms with Crippen molar-refractivity contribution in [3.05, 3.63) is 53.4 Å². The molecule has 2 heterocycles. The molecule has 1 N–H and O–H groups in total. The summed E-state index contributed by atoms with van der Waals surface area (Å²) in [7, 11) is 0. The molecule has 0 saturated carbocycles. The summed E-state index contributed by atoms with van der Waals surface area (Å²) in [5.41, 5.74) is 1.80. The number of nitrogens with zero attached hydrogens (tertiary/aromatic N) is 2. The quantitative estimate of drug-likeness (QED) is 0.936. The number of aromatic nitrogens is 2. The minimum absolute atomic E-state index is 0.260. The van der Waals surface area contributed by atoms with Gasteiger partial charge in [0.1, 0.15) is 17.7 Å². The molecule has 3 rings (SSSR count). The van der Waals surface area contributed by atoms with Gasteiger partial charge in [-0.3, -0.25) is 0 Å². The van der Waals surface area contributed by atoms with E-state index in [4.69, 9.17) is 0 Å². The fourth-order valence-corrected chi connectivity index (χ4v) is 2.67. The van der Waals surface area contributed by atoms with Gasteiger partial charge in [0.15, 0.2) is 0 Å². The maximum atomic E-state index is 12.9. The number of halogens is 1. The van der Waals surface area contributed by atoms with Crippen molar-refractivity contribution in [2.75, 3.05) is 0 Å². The highest BCUT2D eigenvalue weighted by Crippen LogP contribution is 2.25. The number of carbonyl (C=O) groups is 1. The number of imidazole rings is 1. The predicted molar refractivity (Wildman–Crippen MR) is 71.0 cm³/mol. The van der Waals surface area contributed by atoms with E-state index in [2.05, 4.69) is 4.98 Å². The van der Waals surface area contributed by atoms with Crippen LogP contribution in [0.5, 0.6) is 0 Å². The molecule has 1 aliphatic rings. The van der Waals surface area contributed by atoms with Crippen molar-refractivity contribution in [3.63, 3.8) is 0 Å². The van der Waals surface area contributed by atoms with Crippen molar-refractivity contribution >= 4 is 5.97 Å². The van der Waals surface area contributed by atoms with Crippen molar-refractivity contribution in [3.8, 4) is 0 Å². The van der Waals surface area contributed by atoms with Crippen LogP contribution in [0.1, 0.15) is 36.0 Å². The standard InChI is InChI=1S/C15H15FN2O2/c16-11-6-4-10(5-7-11)8-12-9-18-13(15(19)20)2-1-3-14(18)17-12/h4-7,9,13H,1-3,8H2,(H,19,20). The maximum absolute atomic E-state index is 12.9. The van der Waals surface area contributed by atoms with Crippen molar-refractivity contribution in [2.24, 2.45) is 0 Å². The first-order chi connectivity index (χ1) is 9.63. The van der Waals surface area contributed by atoms with E-state index in [9.17, 15) is 14.3 Å². The van der Waals surface area contributed by atoms with Crippen LogP contribution in [0.15, 0.2) is 30.5 Å². The lowest BCUT2D eigenvalue weighted by atomic mass is 10.1. The fraction of sp³-hybridized carbons (Fsp3) is 0.333. The number of carboxylic acids is 1. The van der Waals surface area contributed by atoms with Crippen LogP contribution in [0, 0.1) is 5.82 Å². The van der Waals surface area contributed by atoms with Crippen LogP contribution in [0.3, 0.4) is 0 Å². The number of carboxylic acid groups (broad SMARTS) is 1. The molecule has 0 saturated heterocycles. The second-order valence-electron chi connectivity index (χ2n) is 5.11. The lowest BCUT2D eigenvalue weighted by molar-refractivity contribution is -0.141. The van der Waals surface area contributed by atoms with E-state index in [1.54, 1.807) is 16.7 Å². The van der Waals surface area contributed by atoms with Crippen LogP contribution < -0.4 is 0 Å². The molecular weight excluding hydrogens is 259 g/mol.